The van der Waals surface area contributed by atoms with Crippen molar-refractivity contribution in [1.82, 2.24) is 0 Å². The van der Waals surface area contributed by atoms with E-state index in [-0.39, 0.29) is 0 Å². The van der Waals surface area contributed by atoms with E-state index in [9.17, 15) is 0 Å². The molecule has 3 aromatic rings. The van der Waals surface area contributed by atoms with Crippen LogP contribution in [0.5, 0.6) is 0 Å². The molecule has 0 N–H and O–H groups in total. The second-order valence-electron chi connectivity index (χ2n) is 10.4. The molecule has 164 valence electrons. The maximum absolute atomic E-state index is 2.40. The molecule has 31 heavy (non-hydrogen) atoms. The van der Waals surface area contributed by atoms with Crippen molar-refractivity contribution in [2.75, 3.05) is 0 Å². The van der Waals surface area contributed by atoms with Gasteiger partial charge in [0.2, 0.25) is 0 Å². The van der Waals surface area contributed by atoms with Crippen LogP contribution in [0.25, 0.3) is 22.3 Å². The van der Waals surface area contributed by atoms with Gasteiger partial charge < -0.3 is 0 Å². The van der Waals surface area contributed by atoms with Gasteiger partial charge in [0.05, 0.1) is 0 Å². The van der Waals surface area contributed by atoms with E-state index in [1.54, 1.807) is 0 Å². The average Bonchev–Trinajstić information content (AvgIpc) is 2.73. The lowest BCUT2D eigenvalue weighted by Crippen LogP contribution is -1.98. The van der Waals surface area contributed by atoms with Crippen molar-refractivity contribution in [3.63, 3.8) is 0 Å². The molecule has 0 atom stereocenters. The van der Waals surface area contributed by atoms with Crippen LogP contribution >= 0.6 is 0 Å². The summed E-state index contributed by atoms with van der Waals surface area (Å²) in [4.78, 5) is 0. The summed E-state index contributed by atoms with van der Waals surface area (Å²) in [5, 5.41) is 0. The fraction of sp³-hybridized carbons (Fsp3) is 0.419. The molecule has 0 aliphatic heterocycles. The molecule has 0 unspecified atom stereocenters. The molecule has 0 heteroatoms. The highest BCUT2D eigenvalue weighted by Crippen LogP contribution is 2.37. The molecule has 0 radical (unpaired) electrons. The van der Waals surface area contributed by atoms with Gasteiger partial charge in [0.25, 0.3) is 0 Å². The highest BCUT2D eigenvalue weighted by molar-refractivity contribution is 5.79. The Kier molecular flexibility index (Phi) is 7.10. The third-order valence-corrected chi connectivity index (χ3v) is 6.58. The average molecular weight is 413 g/mol. The van der Waals surface area contributed by atoms with Crippen molar-refractivity contribution in [3.8, 4) is 22.3 Å². The first-order valence-corrected chi connectivity index (χ1v) is 12.0. The van der Waals surface area contributed by atoms with E-state index in [2.05, 4.69) is 117 Å². The van der Waals surface area contributed by atoms with Crippen molar-refractivity contribution in [1.29, 1.82) is 0 Å². The van der Waals surface area contributed by atoms with E-state index in [1.807, 2.05) is 0 Å². The third kappa shape index (κ3) is 5.12. The zero-order valence-electron chi connectivity index (χ0n) is 21.0. The van der Waals surface area contributed by atoms with Gasteiger partial charge in [0, 0.05) is 0 Å². The molecule has 0 aliphatic rings. The van der Waals surface area contributed by atoms with Gasteiger partial charge in [-0.1, -0.05) is 110 Å². The van der Waals surface area contributed by atoms with Crippen LogP contribution in [0.2, 0.25) is 0 Å². The van der Waals surface area contributed by atoms with Gasteiger partial charge >= 0.3 is 0 Å². The summed E-state index contributed by atoms with van der Waals surface area (Å²) < 4.78 is 0. The SMILES string of the molecule is Cc1c(-c2cc(C(C)C)cc(C(C)C)c2)cccc1-c1cc(C(C)C)cc(C(C)C)c1. The number of hydrogen-bond acceptors (Lipinski definition) is 0. The molecule has 0 aromatic heterocycles. The topological polar surface area (TPSA) is 0 Å². The minimum atomic E-state index is 0.525. The molecule has 0 saturated heterocycles. The highest BCUT2D eigenvalue weighted by Gasteiger charge is 2.14. The number of benzene rings is 3. The molecular formula is C31H40. The van der Waals surface area contributed by atoms with E-state index in [1.165, 1.54) is 50.1 Å². The van der Waals surface area contributed by atoms with Crippen LogP contribution in [0.15, 0.2) is 54.6 Å². The van der Waals surface area contributed by atoms with Gasteiger partial charge in [-0.05, 0) is 80.7 Å². The van der Waals surface area contributed by atoms with Crippen LogP contribution < -0.4 is 0 Å². The zero-order chi connectivity index (χ0) is 22.9. The van der Waals surface area contributed by atoms with Crippen molar-refractivity contribution in [2.45, 2.75) is 86.0 Å². The van der Waals surface area contributed by atoms with Crippen molar-refractivity contribution in [3.05, 3.63) is 82.4 Å². The molecule has 0 spiro atoms. The summed E-state index contributed by atoms with van der Waals surface area (Å²) in [6.45, 7) is 20.6. The monoisotopic (exact) mass is 412 g/mol. The van der Waals surface area contributed by atoms with Gasteiger partial charge in [0.1, 0.15) is 0 Å². The normalized spacial score (nSPS) is 11.9. The Labute approximate surface area is 190 Å². The number of hydrogen-bond donors (Lipinski definition) is 0. The van der Waals surface area contributed by atoms with E-state index in [4.69, 9.17) is 0 Å². The maximum atomic E-state index is 2.40. The van der Waals surface area contributed by atoms with Crippen LogP contribution in [-0.2, 0) is 0 Å². The smallest absolute Gasteiger partial charge is 0.0148 e. The standard InChI is InChI=1S/C31H40/c1-19(2)24-13-25(20(3)4)16-28(15-24)30-11-10-12-31(23(30)9)29-17-26(21(5)6)14-27(18-29)22(7)8/h10-22H,1-9H3. The summed E-state index contributed by atoms with van der Waals surface area (Å²) in [5.41, 5.74) is 12.5. The van der Waals surface area contributed by atoms with Gasteiger partial charge in [-0.3, -0.25) is 0 Å². The molecule has 0 amide bonds. The summed E-state index contributed by atoms with van der Waals surface area (Å²) >= 11 is 0. The molecule has 0 nitrogen and oxygen atoms in total. The predicted octanol–water partition coefficient (Wildman–Crippen LogP) is 9.82. The lowest BCUT2D eigenvalue weighted by atomic mass is 9.86. The Morgan fingerprint density at radius 2 is 0.742 bits per heavy atom. The quantitative estimate of drug-likeness (QED) is 0.378. The summed E-state index contributed by atoms with van der Waals surface area (Å²) in [7, 11) is 0. The second kappa shape index (κ2) is 9.43. The van der Waals surface area contributed by atoms with Crippen LogP contribution in [0.4, 0.5) is 0 Å². The molecule has 0 heterocycles. The Balaban J connectivity index is 2.20. The molecule has 0 saturated carbocycles. The van der Waals surface area contributed by atoms with Crippen molar-refractivity contribution < 1.29 is 0 Å². The van der Waals surface area contributed by atoms with Gasteiger partial charge in [-0.25, -0.2) is 0 Å². The molecule has 3 rings (SSSR count). The Hall–Kier alpha value is -2.34. The van der Waals surface area contributed by atoms with E-state index >= 15 is 0 Å². The fourth-order valence-electron chi connectivity index (χ4n) is 4.26. The van der Waals surface area contributed by atoms with Gasteiger partial charge in [0.15, 0.2) is 0 Å². The predicted molar refractivity (Wildman–Crippen MR) is 138 cm³/mol. The number of rotatable bonds is 6. The summed E-state index contributed by atoms with van der Waals surface area (Å²) in [5.74, 6) is 2.10. The van der Waals surface area contributed by atoms with Gasteiger partial charge in [-0.2, -0.15) is 0 Å². The lowest BCUT2D eigenvalue weighted by molar-refractivity contribution is 0.834. The van der Waals surface area contributed by atoms with E-state index in [0.717, 1.165) is 0 Å². The summed E-state index contributed by atoms with van der Waals surface area (Å²) in [6, 6.07) is 21.2. The molecule has 3 aromatic carbocycles. The molecule has 0 aliphatic carbocycles. The Bertz CT molecular complexity index is 913. The van der Waals surface area contributed by atoms with Crippen molar-refractivity contribution in [2.24, 2.45) is 0 Å². The van der Waals surface area contributed by atoms with Crippen LogP contribution in [0.1, 0.15) is 107 Å². The first-order valence-electron chi connectivity index (χ1n) is 12.0. The summed E-state index contributed by atoms with van der Waals surface area (Å²) in [6.07, 6.45) is 0. The largest absolute Gasteiger partial charge is 0.0610 e. The Morgan fingerprint density at radius 3 is 1.00 bits per heavy atom. The maximum Gasteiger partial charge on any atom is -0.0148 e. The second-order valence-corrected chi connectivity index (χ2v) is 10.4. The first kappa shape index (κ1) is 23.3. The van der Waals surface area contributed by atoms with E-state index < -0.39 is 0 Å². The van der Waals surface area contributed by atoms with Crippen LogP contribution in [0.3, 0.4) is 0 Å². The lowest BCUT2D eigenvalue weighted by Gasteiger charge is -2.19. The van der Waals surface area contributed by atoms with Crippen LogP contribution in [0, 0.1) is 6.92 Å². The Morgan fingerprint density at radius 1 is 0.452 bits per heavy atom. The minimum Gasteiger partial charge on any atom is -0.0610 e. The minimum absolute atomic E-state index is 0.525. The first-order chi connectivity index (χ1) is 14.6. The molecular weight excluding hydrogens is 372 g/mol. The fourth-order valence-corrected chi connectivity index (χ4v) is 4.26. The van der Waals surface area contributed by atoms with Crippen molar-refractivity contribution >= 4 is 0 Å². The third-order valence-electron chi connectivity index (χ3n) is 6.58. The van der Waals surface area contributed by atoms with Gasteiger partial charge in [-0.15, -0.1) is 0 Å². The molecule has 0 fully saturated rings. The highest BCUT2D eigenvalue weighted by atomic mass is 14.2. The molecule has 0 bridgehead atoms. The zero-order valence-corrected chi connectivity index (χ0v) is 21.0. The van der Waals surface area contributed by atoms with E-state index in [0.29, 0.717) is 23.7 Å². The van der Waals surface area contributed by atoms with Crippen LogP contribution in [-0.4, -0.2) is 0 Å².